The van der Waals surface area contributed by atoms with Gasteiger partial charge in [-0.15, -0.1) is 13.0 Å². The van der Waals surface area contributed by atoms with E-state index in [2.05, 4.69) is 21.6 Å². The zero-order valence-corrected chi connectivity index (χ0v) is 16.5. The molecule has 3 heterocycles. The predicted molar refractivity (Wildman–Crippen MR) is 105 cm³/mol. The van der Waals surface area contributed by atoms with Crippen LogP contribution in [-0.4, -0.2) is 57.0 Å². The lowest BCUT2D eigenvalue weighted by molar-refractivity contribution is -0.206. The third kappa shape index (κ3) is 3.93. The Morgan fingerprint density at radius 1 is 1.39 bits per heavy atom. The average molecular weight is 440 g/mol. The summed E-state index contributed by atoms with van der Waals surface area (Å²) in [6.45, 7) is 6.30. The highest BCUT2D eigenvalue weighted by atomic mass is 19.4. The van der Waals surface area contributed by atoms with E-state index in [4.69, 9.17) is 6.42 Å². The number of ether oxygens (including phenoxy) is 1. The highest BCUT2D eigenvalue weighted by Crippen LogP contribution is 2.22. The molecule has 13 heteroatoms. The first kappa shape index (κ1) is 22.2. The zero-order valence-electron chi connectivity index (χ0n) is 16.5. The van der Waals surface area contributed by atoms with E-state index in [-0.39, 0.29) is 22.3 Å². The molecule has 31 heavy (non-hydrogen) atoms. The maximum absolute atomic E-state index is 13.2. The second-order valence-electron chi connectivity index (χ2n) is 6.66. The molecule has 0 amide bonds. The van der Waals surface area contributed by atoms with Crippen molar-refractivity contribution in [1.82, 2.24) is 24.0 Å². The van der Waals surface area contributed by atoms with E-state index in [0.29, 0.717) is 32.1 Å². The number of halogens is 3. The molecule has 10 nitrogen and oxygen atoms in total. The first-order valence-corrected chi connectivity index (χ1v) is 9.14. The summed E-state index contributed by atoms with van der Waals surface area (Å²) >= 11 is 0. The zero-order chi connectivity index (χ0) is 22.9. The molecule has 3 rings (SSSR count). The normalized spacial score (nSPS) is 15.5. The predicted octanol–water partition coefficient (Wildman–Crippen LogP) is -0.270. The van der Waals surface area contributed by atoms with Crippen LogP contribution in [0.25, 0.3) is 11.2 Å². The molecular formula is C18H19F3N6O4. The van der Waals surface area contributed by atoms with E-state index < -0.39 is 29.6 Å². The highest BCUT2D eigenvalue weighted by molar-refractivity contribution is 5.76. The summed E-state index contributed by atoms with van der Waals surface area (Å²) in [5.41, 5.74) is -2.18. The molecule has 0 bridgehead atoms. The summed E-state index contributed by atoms with van der Waals surface area (Å²) in [7, 11) is 1.28. The molecule has 0 spiro atoms. The van der Waals surface area contributed by atoms with Crippen LogP contribution in [0.2, 0.25) is 0 Å². The number of hydrogen-bond donors (Lipinski definition) is 1. The number of imidazole rings is 1. The van der Waals surface area contributed by atoms with E-state index >= 15 is 0 Å². The Morgan fingerprint density at radius 2 is 2.03 bits per heavy atom. The molecule has 2 aromatic rings. The third-order valence-electron chi connectivity index (χ3n) is 4.70. The Morgan fingerprint density at radius 3 is 2.58 bits per heavy atom. The molecular weight excluding hydrogens is 421 g/mol. The molecule has 0 radical (unpaired) electrons. The maximum Gasteiger partial charge on any atom is 0.491 e. The largest absolute Gasteiger partial charge is 0.491 e. The van der Waals surface area contributed by atoms with Gasteiger partial charge in [0.05, 0.1) is 0 Å². The first-order chi connectivity index (χ1) is 14.6. The molecule has 1 aliphatic rings. The van der Waals surface area contributed by atoms with Gasteiger partial charge in [0.2, 0.25) is 12.2 Å². The van der Waals surface area contributed by atoms with Gasteiger partial charge in [0.15, 0.2) is 11.2 Å². The van der Waals surface area contributed by atoms with Crippen molar-refractivity contribution in [3.8, 4) is 12.3 Å². The first-order valence-electron chi connectivity index (χ1n) is 9.14. The summed E-state index contributed by atoms with van der Waals surface area (Å²) in [6.07, 6.45) is -0.853. The van der Waals surface area contributed by atoms with Gasteiger partial charge in [0, 0.05) is 39.8 Å². The molecule has 1 N–H and O–H groups in total. The molecule has 1 aliphatic heterocycles. The minimum absolute atomic E-state index is 0.0135. The van der Waals surface area contributed by atoms with Crippen LogP contribution in [-0.2, 0) is 23.1 Å². The molecule has 166 valence electrons. The van der Waals surface area contributed by atoms with E-state index in [1.807, 2.05) is 4.90 Å². The van der Waals surface area contributed by atoms with Crippen LogP contribution in [0.15, 0.2) is 22.2 Å². The Bertz CT molecular complexity index is 1180. The molecule has 1 atom stereocenters. The number of nitrogens with one attached hydrogen (secondary N) is 1. The van der Waals surface area contributed by atoms with Gasteiger partial charge in [-0.3, -0.25) is 9.36 Å². The quantitative estimate of drug-likeness (QED) is 0.388. The lowest BCUT2D eigenvalue weighted by Crippen LogP contribution is -2.45. The van der Waals surface area contributed by atoms with Crippen LogP contribution in [0.3, 0.4) is 0 Å². The number of nitrogens with zero attached hydrogens (tertiary/aromatic N) is 5. The average Bonchev–Trinajstić information content (AvgIpc) is 3.11. The minimum atomic E-state index is -5.35. The topological polar surface area (TPSA) is 103 Å². The fraction of sp³-hybridized carbons (Fsp3) is 0.444. The number of carbonyl (C=O) groups is 1. The number of rotatable bonds is 5. The van der Waals surface area contributed by atoms with E-state index in [0.717, 1.165) is 4.57 Å². The summed E-state index contributed by atoms with van der Waals surface area (Å²) in [4.78, 5) is 43.5. The molecule has 0 aromatic carbocycles. The number of allylic oxidation sites excluding steroid dienone is 1. The summed E-state index contributed by atoms with van der Waals surface area (Å²) in [5.74, 6) is -0.471. The minimum Gasteiger partial charge on any atom is -0.423 e. The number of hydrogen-bond acceptors (Lipinski definition) is 7. The van der Waals surface area contributed by atoms with Crippen LogP contribution < -0.4 is 21.5 Å². The number of carbonyl (C=O) groups excluding carboxylic acids is 1. The maximum atomic E-state index is 13.2. The number of aryl methyl sites for hydroxylation is 1. The van der Waals surface area contributed by atoms with Crippen LogP contribution in [0, 0.1) is 12.3 Å². The third-order valence-corrected chi connectivity index (χ3v) is 4.70. The Hall–Kier alpha value is -3.53. The Labute approximate surface area is 173 Å². The van der Waals surface area contributed by atoms with E-state index in [1.165, 1.54) is 17.7 Å². The van der Waals surface area contributed by atoms with Gasteiger partial charge in [-0.25, -0.2) is 14.2 Å². The van der Waals surface area contributed by atoms with E-state index in [1.54, 1.807) is 5.92 Å². The van der Waals surface area contributed by atoms with Crippen LogP contribution in [0.4, 0.5) is 19.1 Å². The van der Waals surface area contributed by atoms with Crippen molar-refractivity contribution in [1.29, 1.82) is 0 Å². The number of piperazine rings is 1. The molecule has 1 saturated heterocycles. The van der Waals surface area contributed by atoms with Gasteiger partial charge >= 0.3 is 17.8 Å². The van der Waals surface area contributed by atoms with Crippen LogP contribution >= 0.6 is 0 Å². The van der Waals surface area contributed by atoms with Crippen molar-refractivity contribution >= 4 is 23.1 Å². The second kappa shape index (κ2) is 8.31. The fourth-order valence-electron chi connectivity index (χ4n) is 3.27. The summed E-state index contributed by atoms with van der Waals surface area (Å²) in [6, 6.07) is 0. The highest BCUT2D eigenvalue weighted by Gasteiger charge is 2.43. The van der Waals surface area contributed by atoms with Crippen LogP contribution in [0.1, 0.15) is 6.23 Å². The lowest BCUT2D eigenvalue weighted by atomic mass is 10.4. The van der Waals surface area contributed by atoms with Crippen molar-refractivity contribution < 1.29 is 22.7 Å². The number of fused-ring (bicyclic) bond motifs is 1. The van der Waals surface area contributed by atoms with Gasteiger partial charge < -0.3 is 19.5 Å². The van der Waals surface area contributed by atoms with Crippen molar-refractivity contribution in [2.24, 2.45) is 7.05 Å². The number of terminal acetylenes is 1. The SMILES string of the molecule is C#CC(OC(=O)C(F)(F)F)n1c(=O)c2c(nc(N3CCNCC3)n2CC=C)n(C)c1=O. The smallest absolute Gasteiger partial charge is 0.423 e. The van der Waals surface area contributed by atoms with Gasteiger partial charge in [-0.1, -0.05) is 6.08 Å². The summed E-state index contributed by atoms with van der Waals surface area (Å²) in [5, 5.41) is 3.18. The number of aromatic nitrogens is 4. The van der Waals surface area contributed by atoms with Gasteiger partial charge in [0.25, 0.3) is 5.56 Å². The van der Waals surface area contributed by atoms with Crippen molar-refractivity contribution in [3.63, 3.8) is 0 Å². The molecule has 0 saturated carbocycles. The molecule has 2 aromatic heterocycles. The van der Waals surface area contributed by atoms with E-state index in [9.17, 15) is 27.6 Å². The Balaban J connectivity index is 2.25. The lowest BCUT2D eigenvalue weighted by Gasteiger charge is -2.28. The van der Waals surface area contributed by atoms with Crippen molar-refractivity contribution in [2.45, 2.75) is 18.9 Å². The van der Waals surface area contributed by atoms with Crippen LogP contribution in [0.5, 0.6) is 0 Å². The summed E-state index contributed by atoms with van der Waals surface area (Å²) < 4.78 is 44.8. The fourth-order valence-corrected chi connectivity index (χ4v) is 3.27. The number of anilines is 1. The standard InChI is InChI=1S/C18H19F3N6O4/c1-4-8-26-12-13(23-16(26)25-9-6-22-7-10-25)24(3)17(30)27(14(12)28)11(5-2)31-15(29)18(19,20)21/h2,4,11,22H,1,6-10H2,3H3. The number of esters is 1. The molecule has 1 fully saturated rings. The second-order valence-corrected chi connectivity index (χ2v) is 6.66. The molecule has 0 aliphatic carbocycles. The van der Waals surface area contributed by atoms with Gasteiger partial charge in [-0.2, -0.15) is 18.2 Å². The van der Waals surface area contributed by atoms with Crippen molar-refractivity contribution in [3.05, 3.63) is 33.5 Å². The monoisotopic (exact) mass is 440 g/mol. The van der Waals surface area contributed by atoms with Gasteiger partial charge in [0.1, 0.15) is 0 Å². The Kier molecular flexibility index (Phi) is 5.94. The van der Waals surface area contributed by atoms with Crippen molar-refractivity contribution in [2.75, 3.05) is 31.1 Å². The van der Waals surface area contributed by atoms with Gasteiger partial charge in [-0.05, 0) is 5.92 Å². The molecule has 1 unspecified atom stereocenters. The number of alkyl halides is 3.